The number of carbonyl (C=O) groups excluding carboxylic acids is 1. The molecule has 1 fully saturated rings. The summed E-state index contributed by atoms with van der Waals surface area (Å²) in [5, 5.41) is 0.654. The van der Waals surface area contributed by atoms with Crippen LogP contribution in [0.5, 0.6) is 5.75 Å². The van der Waals surface area contributed by atoms with Gasteiger partial charge in [-0.2, -0.15) is 0 Å². The van der Waals surface area contributed by atoms with Crippen molar-refractivity contribution in [3.05, 3.63) is 82.9 Å². The van der Waals surface area contributed by atoms with E-state index in [-0.39, 0.29) is 0 Å². The minimum absolute atomic E-state index is 0.342. The second-order valence-corrected chi connectivity index (χ2v) is 7.52. The van der Waals surface area contributed by atoms with Crippen molar-refractivity contribution >= 4 is 28.7 Å². The topological polar surface area (TPSA) is 99.5 Å². The van der Waals surface area contributed by atoms with Gasteiger partial charge in [0.1, 0.15) is 11.6 Å². The highest BCUT2D eigenvalue weighted by molar-refractivity contribution is 6.30. The number of amides is 1. The molecule has 1 amide bonds. The third-order valence-electron chi connectivity index (χ3n) is 5.13. The van der Waals surface area contributed by atoms with Crippen molar-refractivity contribution in [1.29, 1.82) is 0 Å². The Hall–Kier alpha value is -3.39. The van der Waals surface area contributed by atoms with E-state index in [9.17, 15) is 4.79 Å². The van der Waals surface area contributed by atoms with Crippen LogP contribution in [0.25, 0.3) is 22.4 Å². The number of rotatable bonds is 4. The van der Waals surface area contributed by atoms with Crippen LogP contribution in [-0.4, -0.2) is 29.3 Å². The Kier molecular flexibility index (Phi) is 4.86. The highest BCUT2D eigenvalue weighted by Gasteiger charge is 2.40. The number of halogens is 1. The molecule has 0 unspecified atom stereocenters. The molecule has 0 aliphatic carbocycles. The molecule has 0 saturated carbocycles. The minimum atomic E-state index is -0.960. The molecular formula is C23H18ClN3O4. The second kappa shape index (κ2) is 7.70. The van der Waals surface area contributed by atoms with Gasteiger partial charge in [0.2, 0.25) is 5.79 Å². The van der Waals surface area contributed by atoms with Crippen LogP contribution in [0.4, 0.5) is 4.79 Å². The number of nitrogens with zero attached hydrogens (tertiary/aromatic N) is 1. The van der Waals surface area contributed by atoms with E-state index in [1.165, 1.54) is 0 Å². The van der Waals surface area contributed by atoms with Crippen molar-refractivity contribution in [2.75, 3.05) is 13.2 Å². The third kappa shape index (κ3) is 3.63. The van der Waals surface area contributed by atoms with Crippen molar-refractivity contribution in [2.45, 2.75) is 5.79 Å². The lowest BCUT2D eigenvalue weighted by atomic mass is 9.96. The van der Waals surface area contributed by atoms with Crippen molar-refractivity contribution < 1.29 is 19.0 Å². The van der Waals surface area contributed by atoms with Gasteiger partial charge >= 0.3 is 6.09 Å². The fourth-order valence-corrected chi connectivity index (χ4v) is 3.86. The fourth-order valence-electron chi connectivity index (χ4n) is 3.73. The van der Waals surface area contributed by atoms with E-state index in [1.807, 2.05) is 48.5 Å². The van der Waals surface area contributed by atoms with Crippen LogP contribution in [0.1, 0.15) is 11.1 Å². The summed E-state index contributed by atoms with van der Waals surface area (Å²) < 4.78 is 17.0. The Bertz CT molecular complexity index is 1250. The van der Waals surface area contributed by atoms with Gasteiger partial charge in [0.15, 0.2) is 0 Å². The van der Waals surface area contributed by atoms with Gasteiger partial charge < -0.3 is 24.9 Å². The van der Waals surface area contributed by atoms with Crippen LogP contribution < -0.4 is 10.5 Å². The lowest BCUT2D eigenvalue weighted by Crippen LogP contribution is -2.28. The summed E-state index contributed by atoms with van der Waals surface area (Å²) >= 11 is 6.04. The zero-order chi connectivity index (χ0) is 21.4. The number of benzene rings is 3. The summed E-state index contributed by atoms with van der Waals surface area (Å²) in [4.78, 5) is 18.8. The second-order valence-electron chi connectivity index (χ2n) is 7.08. The van der Waals surface area contributed by atoms with Crippen LogP contribution in [-0.2, 0) is 15.3 Å². The average Bonchev–Trinajstić information content (AvgIpc) is 3.42. The lowest BCUT2D eigenvalue weighted by molar-refractivity contribution is -0.129. The molecular weight excluding hydrogens is 418 g/mol. The molecule has 7 nitrogen and oxygen atoms in total. The van der Waals surface area contributed by atoms with Crippen LogP contribution >= 0.6 is 11.6 Å². The summed E-state index contributed by atoms with van der Waals surface area (Å²) in [7, 11) is 0. The SMILES string of the molecule is NC(=O)Oc1ccc2[nH]c(-c3ccc(C4(c5ccc(Cl)cc5)OCCO4)cc3)nc2c1. The van der Waals surface area contributed by atoms with E-state index in [4.69, 9.17) is 31.5 Å². The lowest BCUT2D eigenvalue weighted by Gasteiger charge is -2.28. The molecule has 2 heterocycles. The first-order valence-corrected chi connectivity index (χ1v) is 10.0. The quantitative estimate of drug-likeness (QED) is 0.488. The monoisotopic (exact) mass is 435 g/mol. The number of aromatic nitrogens is 2. The largest absolute Gasteiger partial charge is 0.410 e. The smallest absolute Gasteiger partial charge is 0.409 e. The van der Waals surface area contributed by atoms with E-state index >= 15 is 0 Å². The van der Waals surface area contributed by atoms with Crippen molar-refractivity contribution in [2.24, 2.45) is 5.73 Å². The molecule has 31 heavy (non-hydrogen) atoms. The van der Waals surface area contributed by atoms with Crippen LogP contribution in [0.2, 0.25) is 5.02 Å². The number of primary amides is 1. The number of aromatic amines is 1. The van der Waals surface area contributed by atoms with Crippen molar-refractivity contribution in [1.82, 2.24) is 9.97 Å². The Labute approximate surface area is 182 Å². The van der Waals surface area contributed by atoms with Crippen LogP contribution in [0.15, 0.2) is 66.7 Å². The maximum atomic E-state index is 11.0. The normalized spacial score (nSPS) is 15.3. The van der Waals surface area contributed by atoms with Gasteiger partial charge in [0.25, 0.3) is 0 Å². The zero-order valence-corrected chi connectivity index (χ0v) is 17.1. The predicted molar refractivity (Wildman–Crippen MR) is 116 cm³/mol. The van der Waals surface area contributed by atoms with E-state index in [0.29, 0.717) is 35.3 Å². The molecule has 5 rings (SSSR count). The summed E-state index contributed by atoms with van der Waals surface area (Å²) in [6.45, 7) is 1.01. The van der Waals surface area contributed by atoms with Gasteiger partial charge in [0.05, 0.1) is 24.2 Å². The van der Waals surface area contributed by atoms with E-state index in [1.54, 1.807) is 18.2 Å². The number of nitrogens with one attached hydrogen (secondary N) is 1. The molecule has 156 valence electrons. The highest BCUT2D eigenvalue weighted by Crippen LogP contribution is 2.39. The summed E-state index contributed by atoms with van der Waals surface area (Å²) in [6.07, 6.45) is -0.864. The number of imidazole rings is 1. The molecule has 1 saturated heterocycles. The predicted octanol–water partition coefficient (Wildman–Crippen LogP) is 4.59. The van der Waals surface area contributed by atoms with Gasteiger partial charge in [-0.3, -0.25) is 0 Å². The van der Waals surface area contributed by atoms with Gasteiger partial charge in [-0.25, -0.2) is 9.78 Å². The van der Waals surface area contributed by atoms with Crippen molar-refractivity contribution in [3.63, 3.8) is 0 Å². The fraction of sp³-hybridized carbons (Fsp3) is 0.130. The van der Waals surface area contributed by atoms with Gasteiger partial charge in [-0.1, -0.05) is 48.0 Å². The maximum absolute atomic E-state index is 11.0. The molecule has 3 N–H and O–H groups in total. The average molecular weight is 436 g/mol. The van der Waals surface area contributed by atoms with Crippen molar-refractivity contribution in [3.8, 4) is 17.1 Å². The van der Waals surface area contributed by atoms with E-state index < -0.39 is 11.9 Å². The van der Waals surface area contributed by atoms with E-state index in [2.05, 4.69) is 9.97 Å². The number of nitrogens with two attached hydrogens (primary N) is 1. The maximum Gasteiger partial charge on any atom is 0.409 e. The summed E-state index contributed by atoms with van der Waals surface area (Å²) in [5.74, 6) is 0.0678. The number of hydrogen-bond acceptors (Lipinski definition) is 5. The molecule has 0 atom stereocenters. The first-order valence-electron chi connectivity index (χ1n) is 9.65. The molecule has 1 aliphatic heterocycles. The Balaban J connectivity index is 1.48. The van der Waals surface area contributed by atoms with Crippen LogP contribution in [0.3, 0.4) is 0 Å². The number of H-pyrrole nitrogens is 1. The standard InChI is InChI=1S/C23H18ClN3O4/c24-17-7-5-16(6-8-17)23(29-11-12-30-23)15-3-1-14(2-4-15)21-26-19-10-9-18(31-22(25)28)13-20(19)27-21/h1-10,13H,11-12H2,(H2,25,28)(H,26,27). The molecule has 1 aromatic heterocycles. The molecule has 3 aromatic carbocycles. The summed E-state index contributed by atoms with van der Waals surface area (Å²) in [6, 6.07) is 20.4. The molecule has 0 bridgehead atoms. The Morgan fingerprint density at radius 3 is 2.29 bits per heavy atom. The zero-order valence-electron chi connectivity index (χ0n) is 16.3. The van der Waals surface area contributed by atoms with Gasteiger partial charge in [-0.15, -0.1) is 0 Å². The van der Waals surface area contributed by atoms with E-state index in [0.717, 1.165) is 22.2 Å². The highest BCUT2D eigenvalue weighted by atomic mass is 35.5. The minimum Gasteiger partial charge on any atom is -0.410 e. The number of ether oxygens (including phenoxy) is 3. The first-order chi connectivity index (χ1) is 15.0. The molecule has 0 spiro atoms. The molecule has 0 radical (unpaired) electrons. The number of fused-ring (bicyclic) bond motifs is 1. The molecule has 1 aliphatic rings. The third-order valence-corrected chi connectivity index (χ3v) is 5.38. The molecule has 4 aromatic rings. The van der Waals surface area contributed by atoms with Gasteiger partial charge in [0, 0.05) is 27.8 Å². The van der Waals surface area contributed by atoms with Crippen LogP contribution in [0, 0.1) is 0 Å². The number of hydrogen-bond donors (Lipinski definition) is 2. The summed E-state index contributed by atoms with van der Waals surface area (Å²) in [5.41, 5.74) is 9.21. The first kappa shape index (κ1) is 19.6. The Morgan fingerprint density at radius 2 is 1.65 bits per heavy atom. The Morgan fingerprint density at radius 1 is 1.00 bits per heavy atom. The van der Waals surface area contributed by atoms with Gasteiger partial charge in [-0.05, 0) is 24.3 Å². The molecule has 8 heteroatoms. The number of carbonyl (C=O) groups is 1.